The van der Waals surface area contributed by atoms with Gasteiger partial charge in [-0.2, -0.15) is 0 Å². The average molecular weight is 235 g/mol. The van der Waals surface area contributed by atoms with Crippen LogP contribution in [0.2, 0.25) is 0 Å². The van der Waals surface area contributed by atoms with Gasteiger partial charge in [0.25, 0.3) is 0 Å². The lowest BCUT2D eigenvalue weighted by molar-refractivity contribution is 1.16. The van der Waals surface area contributed by atoms with Gasteiger partial charge in [-0.25, -0.2) is 0 Å². The van der Waals surface area contributed by atoms with Crippen LogP contribution in [0.15, 0.2) is 36.4 Å². The first-order valence-electron chi connectivity index (χ1n) is 6.29. The molecule has 0 fully saturated rings. The Morgan fingerprint density at radius 3 is 2.39 bits per heavy atom. The Balaban J connectivity index is 2.30. The second kappa shape index (κ2) is 4.02. The highest BCUT2D eigenvalue weighted by atomic mass is 15.1. The van der Waals surface area contributed by atoms with Crippen molar-refractivity contribution in [3.63, 3.8) is 0 Å². The summed E-state index contributed by atoms with van der Waals surface area (Å²) in [7, 11) is 2.15. The Morgan fingerprint density at radius 1 is 0.833 bits per heavy atom. The van der Waals surface area contributed by atoms with Crippen molar-refractivity contribution in [3.8, 4) is 0 Å². The Morgan fingerprint density at radius 2 is 1.56 bits per heavy atom. The van der Waals surface area contributed by atoms with Crippen molar-refractivity contribution < 1.29 is 0 Å². The van der Waals surface area contributed by atoms with Gasteiger partial charge in [0, 0.05) is 12.7 Å². The van der Waals surface area contributed by atoms with E-state index in [0.717, 1.165) is 0 Å². The minimum Gasteiger partial charge on any atom is -0.343 e. The molecule has 1 aliphatic heterocycles. The Labute approximate surface area is 108 Å². The van der Waals surface area contributed by atoms with Gasteiger partial charge in [0.05, 0.1) is 5.69 Å². The summed E-state index contributed by atoms with van der Waals surface area (Å²) in [6, 6.07) is 12.9. The highest BCUT2D eigenvalue weighted by Gasteiger charge is 2.16. The highest BCUT2D eigenvalue weighted by Crippen LogP contribution is 2.37. The van der Waals surface area contributed by atoms with Crippen LogP contribution in [0.3, 0.4) is 0 Å². The molecule has 1 heterocycles. The normalized spacial score (nSPS) is 12.9. The lowest BCUT2D eigenvalue weighted by atomic mass is 10.0. The number of aryl methyl sites for hydroxylation is 1. The summed E-state index contributed by atoms with van der Waals surface area (Å²) in [6.07, 6.45) is 4.41. The Bertz CT molecular complexity index is 638. The minimum absolute atomic E-state index is 1.27. The van der Waals surface area contributed by atoms with Crippen molar-refractivity contribution in [2.45, 2.75) is 13.8 Å². The van der Waals surface area contributed by atoms with Gasteiger partial charge in [-0.1, -0.05) is 42.5 Å². The molecular formula is C17H17N. The molecule has 0 amide bonds. The van der Waals surface area contributed by atoms with E-state index in [1.807, 2.05) is 0 Å². The maximum atomic E-state index is 2.30. The average Bonchev–Trinajstić information content (AvgIpc) is 2.53. The van der Waals surface area contributed by atoms with Crippen LogP contribution in [-0.4, -0.2) is 7.05 Å². The standard InChI is InChI=1S/C17H17N/c1-12-8-9-15-11-10-14-6-4-5-7-16(14)18(3)17(15)13(12)2/h4-11H,1-3H3. The van der Waals surface area contributed by atoms with E-state index in [-0.39, 0.29) is 0 Å². The Hall–Kier alpha value is -2.02. The number of para-hydroxylation sites is 1. The minimum atomic E-state index is 1.27. The molecule has 1 heteroatoms. The lowest BCUT2D eigenvalue weighted by Crippen LogP contribution is -2.13. The van der Waals surface area contributed by atoms with Gasteiger partial charge in [0.2, 0.25) is 0 Å². The monoisotopic (exact) mass is 235 g/mol. The molecule has 1 nitrogen and oxygen atoms in total. The van der Waals surface area contributed by atoms with E-state index in [9.17, 15) is 0 Å². The van der Waals surface area contributed by atoms with Crippen molar-refractivity contribution in [2.24, 2.45) is 0 Å². The number of benzene rings is 2. The number of nitrogens with zero attached hydrogens (tertiary/aromatic N) is 1. The first kappa shape index (κ1) is 11.1. The number of hydrogen-bond donors (Lipinski definition) is 0. The van der Waals surface area contributed by atoms with Gasteiger partial charge in [0.1, 0.15) is 0 Å². The number of fused-ring (bicyclic) bond motifs is 2. The maximum absolute atomic E-state index is 2.30. The molecule has 2 aromatic carbocycles. The number of hydrogen-bond acceptors (Lipinski definition) is 1. The van der Waals surface area contributed by atoms with Crippen molar-refractivity contribution >= 4 is 23.5 Å². The van der Waals surface area contributed by atoms with Gasteiger partial charge < -0.3 is 4.90 Å². The molecule has 0 aliphatic carbocycles. The molecular weight excluding hydrogens is 218 g/mol. The van der Waals surface area contributed by atoms with E-state index >= 15 is 0 Å². The second-order valence-electron chi connectivity index (χ2n) is 4.90. The van der Waals surface area contributed by atoms with E-state index in [0.29, 0.717) is 0 Å². The molecule has 0 spiro atoms. The lowest BCUT2D eigenvalue weighted by Gasteiger charge is -2.24. The van der Waals surface area contributed by atoms with Crippen LogP contribution >= 0.6 is 0 Å². The predicted molar refractivity (Wildman–Crippen MR) is 79.3 cm³/mol. The van der Waals surface area contributed by atoms with Crippen LogP contribution in [-0.2, 0) is 0 Å². The molecule has 2 aromatic rings. The van der Waals surface area contributed by atoms with E-state index in [2.05, 4.69) is 74.3 Å². The third kappa shape index (κ3) is 1.55. The molecule has 0 unspecified atom stereocenters. The molecule has 0 saturated heterocycles. The first-order valence-corrected chi connectivity index (χ1v) is 6.29. The molecule has 18 heavy (non-hydrogen) atoms. The number of rotatable bonds is 0. The van der Waals surface area contributed by atoms with Crippen molar-refractivity contribution in [3.05, 3.63) is 58.7 Å². The molecule has 0 radical (unpaired) electrons. The van der Waals surface area contributed by atoms with Crippen LogP contribution in [0.5, 0.6) is 0 Å². The summed E-state index contributed by atoms with van der Waals surface area (Å²) >= 11 is 0. The SMILES string of the molecule is Cc1ccc2c(c1C)N(C)c1ccccc1C=C2. The summed E-state index contributed by atoms with van der Waals surface area (Å²) in [5.74, 6) is 0. The van der Waals surface area contributed by atoms with E-state index < -0.39 is 0 Å². The first-order chi connectivity index (χ1) is 8.68. The summed E-state index contributed by atoms with van der Waals surface area (Å²) < 4.78 is 0. The smallest absolute Gasteiger partial charge is 0.0514 e. The fourth-order valence-electron chi connectivity index (χ4n) is 2.64. The zero-order valence-corrected chi connectivity index (χ0v) is 11.1. The Kier molecular flexibility index (Phi) is 2.48. The van der Waals surface area contributed by atoms with Gasteiger partial charge in [-0.15, -0.1) is 0 Å². The van der Waals surface area contributed by atoms with Gasteiger partial charge in [-0.05, 0) is 42.2 Å². The largest absolute Gasteiger partial charge is 0.343 e. The number of anilines is 2. The fourth-order valence-corrected chi connectivity index (χ4v) is 2.64. The van der Waals surface area contributed by atoms with E-state index in [4.69, 9.17) is 0 Å². The summed E-state index contributed by atoms with van der Waals surface area (Å²) in [5.41, 5.74) is 7.84. The maximum Gasteiger partial charge on any atom is 0.0514 e. The van der Waals surface area contributed by atoms with Crippen LogP contribution in [0.4, 0.5) is 11.4 Å². The molecule has 0 saturated carbocycles. The summed E-state index contributed by atoms with van der Waals surface area (Å²) in [5, 5.41) is 0. The quantitative estimate of drug-likeness (QED) is 0.647. The zero-order valence-electron chi connectivity index (χ0n) is 11.1. The third-order valence-electron chi connectivity index (χ3n) is 3.81. The summed E-state index contributed by atoms with van der Waals surface area (Å²) in [6.45, 7) is 4.37. The van der Waals surface area contributed by atoms with E-state index in [1.54, 1.807) is 0 Å². The fraction of sp³-hybridized carbons (Fsp3) is 0.176. The van der Waals surface area contributed by atoms with Crippen LogP contribution in [0, 0.1) is 13.8 Å². The predicted octanol–water partition coefficient (Wildman–Crippen LogP) is 4.56. The third-order valence-corrected chi connectivity index (χ3v) is 3.81. The molecule has 3 rings (SSSR count). The van der Waals surface area contributed by atoms with Gasteiger partial charge in [-0.3, -0.25) is 0 Å². The van der Waals surface area contributed by atoms with Crippen molar-refractivity contribution in [2.75, 3.05) is 11.9 Å². The van der Waals surface area contributed by atoms with Crippen molar-refractivity contribution in [1.82, 2.24) is 0 Å². The molecule has 0 N–H and O–H groups in total. The van der Waals surface area contributed by atoms with E-state index in [1.165, 1.54) is 33.6 Å². The summed E-state index contributed by atoms with van der Waals surface area (Å²) in [4.78, 5) is 2.30. The van der Waals surface area contributed by atoms with Gasteiger partial charge in [0.15, 0.2) is 0 Å². The molecule has 1 aliphatic rings. The van der Waals surface area contributed by atoms with Crippen LogP contribution < -0.4 is 4.90 Å². The molecule has 90 valence electrons. The topological polar surface area (TPSA) is 3.24 Å². The molecule has 0 bridgehead atoms. The van der Waals surface area contributed by atoms with Crippen molar-refractivity contribution in [1.29, 1.82) is 0 Å². The van der Waals surface area contributed by atoms with Crippen LogP contribution in [0.25, 0.3) is 12.2 Å². The molecule has 0 aromatic heterocycles. The van der Waals surface area contributed by atoms with Gasteiger partial charge >= 0.3 is 0 Å². The van der Waals surface area contributed by atoms with Crippen LogP contribution in [0.1, 0.15) is 22.3 Å². The molecule has 0 atom stereocenters. The zero-order chi connectivity index (χ0) is 12.7. The highest BCUT2D eigenvalue weighted by molar-refractivity contribution is 5.89. The second-order valence-corrected chi connectivity index (χ2v) is 4.90.